The van der Waals surface area contributed by atoms with E-state index in [2.05, 4.69) is 56.8 Å². The van der Waals surface area contributed by atoms with Gasteiger partial charge in [-0.15, -0.1) is 0 Å². The van der Waals surface area contributed by atoms with Crippen LogP contribution in [-0.2, 0) is 13.1 Å². The minimum absolute atomic E-state index is 0.624. The lowest BCUT2D eigenvalue weighted by molar-refractivity contribution is 0.993. The van der Waals surface area contributed by atoms with Gasteiger partial charge in [0.2, 0.25) is 5.95 Å². The normalized spacial score (nSPS) is 10.4. The summed E-state index contributed by atoms with van der Waals surface area (Å²) >= 11 is 0. The van der Waals surface area contributed by atoms with Crippen molar-refractivity contribution in [2.75, 3.05) is 10.6 Å². The average molecular weight is 319 g/mol. The molecule has 122 valence electrons. The summed E-state index contributed by atoms with van der Waals surface area (Å²) in [6, 6.07) is 16.2. The molecule has 5 heteroatoms. The Morgan fingerprint density at radius 1 is 0.875 bits per heavy atom. The Labute approximate surface area is 142 Å². The van der Waals surface area contributed by atoms with Crippen LogP contribution in [0.3, 0.4) is 0 Å². The summed E-state index contributed by atoms with van der Waals surface area (Å²) in [5, 5.41) is 6.58. The highest BCUT2D eigenvalue weighted by Gasteiger charge is 2.03. The number of pyridine rings is 1. The van der Waals surface area contributed by atoms with Gasteiger partial charge in [-0.2, -0.15) is 4.98 Å². The maximum absolute atomic E-state index is 4.52. The number of anilines is 2. The van der Waals surface area contributed by atoms with E-state index in [4.69, 9.17) is 0 Å². The summed E-state index contributed by atoms with van der Waals surface area (Å²) in [5.74, 6) is 1.42. The van der Waals surface area contributed by atoms with Crippen molar-refractivity contribution in [3.63, 3.8) is 0 Å². The highest BCUT2D eigenvalue weighted by Crippen LogP contribution is 2.12. The minimum Gasteiger partial charge on any atom is -0.364 e. The standard InChI is InChI=1S/C19H21N5/c1-14-6-8-16(9-7-14)12-22-19-23-15(2)11-18(24-19)21-13-17-5-3-4-10-20-17/h3-11H,12-13H2,1-2H3,(H2,21,22,23,24). The van der Waals surface area contributed by atoms with Crippen molar-refractivity contribution in [3.8, 4) is 0 Å². The highest BCUT2D eigenvalue weighted by molar-refractivity contribution is 5.42. The first-order valence-electron chi connectivity index (χ1n) is 7.98. The summed E-state index contributed by atoms with van der Waals surface area (Å²) in [4.78, 5) is 13.3. The molecule has 3 aromatic rings. The second-order valence-corrected chi connectivity index (χ2v) is 5.73. The lowest BCUT2D eigenvalue weighted by Crippen LogP contribution is -2.08. The van der Waals surface area contributed by atoms with E-state index in [9.17, 15) is 0 Å². The topological polar surface area (TPSA) is 62.7 Å². The number of nitrogens with zero attached hydrogens (tertiary/aromatic N) is 3. The lowest BCUT2D eigenvalue weighted by atomic mass is 10.1. The number of aryl methyl sites for hydroxylation is 2. The molecule has 1 aromatic carbocycles. The van der Waals surface area contributed by atoms with E-state index in [-0.39, 0.29) is 0 Å². The third kappa shape index (κ3) is 4.52. The monoisotopic (exact) mass is 319 g/mol. The van der Waals surface area contributed by atoms with E-state index < -0.39 is 0 Å². The third-order valence-corrected chi connectivity index (χ3v) is 3.60. The van der Waals surface area contributed by atoms with Crippen molar-refractivity contribution in [3.05, 3.63) is 77.2 Å². The molecule has 0 atom stereocenters. The third-order valence-electron chi connectivity index (χ3n) is 3.60. The minimum atomic E-state index is 0.624. The predicted octanol–water partition coefficient (Wildman–Crippen LogP) is 3.71. The van der Waals surface area contributed by atoms with Crippen LogP contribution in [-0.4, -0.2) is 15.0 Å². The Hall–Kier alpha value is -2.95. The van der Waals surface area contributed by atoms with Gasteiger partial charge in [0.25, 0.3) is 0 Å². The quantitative estimate of drug-likeness (QED) is 0.725. The van der Waals surface area contributed by atoms with Crippen LogP contribution in [0.25, 0.3) is 0 Å². The average Bonchev–Trinajstić information content (AvgIpc) is 2.60. The molecule has 0 saturated carbocycles. The zero-order valence-electron chi connectivity index (χ0n) is 14.0. The van der Waals surface area contributed by atoms with Gasteiger partial charge < -0.3 is 10.6 Å². The van der Waals surface area contributed by atoms with Crippen LogP contribution < -0.4 is 10.6 Å². The second-order valence-electron chi connectivity index (χ2n) is 5.73. The van der Waals surface area contributed by atoms with E-state index in [1.165, 1.54) is 11.1 Å². The molecule has 0 amide bonds. The molecule has 0 bridgehead atoms. The number of benzene rings is 1. The van der Waals surface area contributed by atoms with E-state index in [0.29, 0.717) is 19.0 Å². The molecule has 2 aromatic heterocycles. The Bertz CT molecular complexity index is 785. The Kier molecular flexibility index (Phi) is 5.01. The van der Waals surface area contributed by atoms with E-state index in [0.717, 1.165) is 17.2 Å². The van der Waals surface area contributed by atoms with Crippen molar-refractivity contribution in [1.29, 1.82) is 0 Å². The molecule has 3 rings (SSSR count). The number of nitrogens with one attached hydrogen (secondary N) is 2. The van der Waals surface area contributed by atoms with Gasteiger partial charge in [-0.3, -0.25) is 4.98 Å². The van der Waals surface area contributed by atoms with Crippen molar-refractivity contribution in [2.45, 2.75) is 26.9 Å². The molecule has 2 heterocycles. The summed E-state index contributed by atoms with van der Waals surface area (Å²) in [5.41, 5.74) is 4.35. The second kappa shape index (κ2) is 7.55. The SMILES string of the molecule is Cc1ccc(CNc2nc(C)cc(NCc3ccccn3)n2)cc1. The van der Waals surface area contributed by atoms with Crippen LogP contribution in [0.15, 0.2) is 54.7 Å². The number of rotatable bonds is 6. The van der Waals surface area contributed by atoms with Crippen LogP contribution in [0.5, 0.6) is 0 Å². The molecule has 5 nitrogen and oxygen atoms in total. The Morgan fingerprint density at radius 3 is 2.46 bits per heavy atom. The zero-order chi connectivity index (χ0) is 16.8. The molecule has 0 aliphatic carbocycles. The zero-order valence-corrected chi connectivity index (χ0v) is 14.0. The summed E-state index contributed by atoms with van der Waals surface area (Å²) in [6.45, 7) is 5.38. The molecular formula is C19H21N5. The molecule has 0 radical (unpaired) electrons. The van der Waals surface area contributed by atoms with Crippen LogP contribution in [0.1, 0.15) is 22.5 Å². The van der Waals surface area contributed by atoms with Crippen LogP contribution >= 0.6 is 0 Å². The molecule has 0 aliphatic heterocycles. The largest absolute Gasteiger partial charge is 0.364 e. The van der Waals surface area contributed by atoms with Crippen molar-refractivity contribution >= 4 is 11.8 Å². The first kappa shape index (κ1) is 15.9. The van der Waals surface area contributed by atoms with Gasteiger partial charge in [-0.1, -0.05) is 35.9 Å². The fourth-order valence-corrected chi connectivity index (χ4v) is 2.31. The first-order chi connectivity index (χ1) is 11.7. The van der Waals surface area contributed by atoms with Crippen LogP contribution in [0.2, 0.25) is 0 Å². The fraction of sp³-hybridized carbons (Fsp3) is 0.211. The Morgan fingerprint density at radius 2 is 1.71 bits per heavy atom. The molecule has 0 saturated heterocycles. The molecule has 0 spiro atoms. The van der Waals surface area contributed by atoms with Gasteiger partial charge in [-0.25, -0.2) is 4.98 Å². The summed E-state index contributed by atoms with van der Waals surface area (Å²) in [7, 11) is 0. The molecule has 24 heavy (non-hydrogen) atoms. The highest BCUT2D eigenvalue weighted by atomic mass is 15.1. The van der Waals surface area contributed by atoms with E-state index in [1.807, 2.05) is 31.2 Å². The summed E-state index contributed by atoms with van der Waals surface area (Å²) < 4.78 is 0. The maximum Gasteiger partial charge on any atom is 0.225 e. The molecule has 0 aliphatic rings. The molecule has 2 N–H and O–H groups in total. The fourth-order valence-electron chi connectivity index (χ4n) is 2.31. The maximum atomic E-state index is 4.52. The Balaban J connectivity index is 1.63. The number of hydrogen-bond donors (Lipinski definition) is 2. The van der Waals surface area contributed by atoms with Gasteiger partial charge in [0.05, 0.1) is 12.2 Å². The molecule has 0 fully saturated rings. The number of hydrogen-bond acceptors (Lipinski definition) is 5. The van der Waals surface area contributed by atoms with E-state index in [1.54, 1.807) is 6.20 Å². The predicted molar refractivity (Wildman–Crippen MR) is 96.8 cm³/mol. The van der Waals surface area contributed by atoms with Gasteiger partial charge in [0.1, 0.15) is 5.82 Å². The molecular weight excluding hydrogens is 298 g/mol. The molecule has 0 unspecified atom stereocenters. The summed E-state index contributed by atoms with van der Waals surface area (Å²) in [6.07, 6.45) is 1.79. The van der Waals surface area contributed by atoms with Crippen molar-refractivity contribution in [2.24, 2.45) is 0 Å². The van der Waals surface area contributed by atoms with E-state index >= 15 is 0 Å². The van der Waals surface area contributed by atoms with Crippen molar-refractivity contribution in [1.82, 2.24) is 15.0 Å². The number of aromatic nitrogens is 3. The smallest absolute Gasteiger partial charge is 0.225 e. The van der Waals surface area contributed by atoms with Gasteiger partial charge in [0.15, 0.2) is 0 Å². The van der Waals surface area contributed by atoms with Gasteiger partial charge in [-0.05, 0) is 31.5 Å². The van der Waals surface area contributed by atoms with Crippen LogP contribution in [0, 0.1) is 13.8 Å². The van der Waals surface area contributed by atoms with Gasteiger partial charge in [0, 0.05) is 24.5 Å². The van der Waals surface area contributed by atoms with Gasteiger partial charge >= 0.3 is 0 Å². The first-order valence-corrected chi connectivity index (χ1v) is 7.98. The van der Waals surface area contributed by atoms with Crippen molar-refractivity contribution < 1.29 is 0 Å². The lowest BCUT2D eigenvalue weighted by Gasteiger charge is -2.10. The van der Waals surface area contributed by atoms with Crippen LogP contribution in [0.4, 0.5) is 11.8 Å².